The molecule has 0 aromatic heterocycles. The molecule has 6 heteroatoms. The Hall–Kier alpha value is -1.14. The molecular formula is C14H18BrFN2O2. The molecule has 2 atom stereocenters. The van der Waals surface area contributed by atoms with Gasteiger partial charge in [-0.05, 0) is 43.6 Å². The van der Waals surface area contributed by atoms with Crippen molar-refractivity contribution in [2.75, 3.05) is 19.7 Å². The number of carbonyl (C=O) groups excluding carboxylic acids is 1. The van der Waals surface area contributed by atoms with Gasteiger partial charge in [0, 0.05) is 10.5 Å². The smallest absolute Gasteiger partial charge is 0.258 e. The standard InChI is InChI=1S/C14H18BrFN2O2/c1-9-7-17-5-4-12(9)18-14(19)8-20-13-3-2-10(15)6-11(13)16/h2-3,6,9,12,17H,4-5,7-8H2,1H3,(H,18,19). The molecule has 1 aromatic carbocycles. The van der Waals surface area contributed by atoms with E-state index < -0.39 is 5.82 Å². The van der Waals surface area contributed by atoms with Gasteiger partial charge in [-0.1, -0.05) is 22.9 Å². The summed E-state index contributed by atoms with van der Waals surface area (Å²) in [6, 6.07) is 4.63. The van der Waals surface area contributed by atoms with Crippen molar-refractivity contribution in [3.05, 3.63) is 28.5 Å². The van der Waals surface area contributed by atoms with Crippen molar-refractivity contribution in [1.29, 1.82) is 0 Å². The van der Waals surface area contributed by atoms with Crippen LogP contribution in [0.1, 0.15) is 13.3 Å². The minimum absolute atomic E-state index is 0.0849. The topological polar surface area (TPSA) is 50.4 Å². The number of hydrogen-bond donors (Lipinski definition) is 2. The average Bonchev–Trinajstić information content (AvgIpc) is 2.40. The van der Waals surface area contributed by atoms with Crippen molar-refractivity contribution >= 4 is 21.8 Å². The van der Waals surface area contributed by atoms with E-state index in [9.17, 15) is 9.18 Å². The second-order valence-corrected chi connectivity index (χ2v) is 5.92. The molecule has 2 rings (SSSR count). The van der Waals surface area contributed by atoms with E-state index in [0.29, 0.717) is 10.4 Å². The Morgan fingerprint density at radius 3 is 3.10 bits per heavy atom. The van der Waals surface area contributed by atoms with Crippen LogP contribution in [-0.4, -0.2) is 31.6 Å². The van der Waals surface area contributed by atoms with Gasteiger partial charge in [0.05, 0.1) is 0 Å². The molecule has 4 nitrogen and oxygen atoms in total. The molecule has 0 radical (unpaired) electrons. The summed E-state index contributed by atoms with van der Waals surface area (Å²) in [4.78, 5) is 11.8. The largest absolute Gasteiger partial charge is 0.481 e. The summed E-state index contributed by atoms with van der Waals surface area (Å²) < 4.78 is 19.4. The first-order chi connectivity index (χ1) is 9.56. The maximum atomic E-state index is 13.5. The molecule has 1 saturated heterocycles. The molecular weight excluding hydrogens is 327 g/mol. The zero-order valence-electron chi connectivity index (χ0n) is 11.3. The molecule has 0 spiro atoms. The van der Waals surface area contributed by atoms with Crippen LogP contribution in [0.25, 0.3) is 0 Å². The highest BCUT2D eigenvalue weighted by Gasteiger charge is 2.22. The van der Waals surface area contributed by atoms with Gasteiger partial charge in [-0.15, -0.1) is 0 Å². The molecule has 0 bridgehead atoms. The molecule has 110 valence electrons. The third kappa shape index (κ3) is 4.18. The SMILES string of the molecule is CC1CNCCC1NC(=O)COc1ccc(Br)cc1F. The first-order valence-corrected chi connectivity index (χ1v) is 7.43. The van der Waals surface area contributed by atoms with E-state index in [0.717, 1.165) is 19.5 Å². The Balaban J connectivity index is 1.82. The monoisotopic (exact) mass is 344 g/mol. The second kappa shape index (κ2) is 7.04. The molecule has 1 heterocycles. The molecule has 1 aliphatic rings. The van der Waals surface area contributed by atoms with Gasteiger partial charge in [0.1, 0.15) is 0 Å². The van der Waals surface area contributed by atoms with Crippen molar-refractivity contribution in [2.45, 2.75) is 19.4 Å². The van der Waals surface area contributed by atoms with Crippen LogP contribution in [0, 0.1) is 11.7 Å². The van der Waals surface area contributed by atoms with E-state index in [2.05, 4.69) is 33.5 Å². The third-order valence-electron chi connectivity index (χ3n) is 3.38. The normalized spacial score (nSPS) is 22.4. The zero-order valence-corrected chi connectivity index (χ0v) is 12.9. The summed E-state index contributed by atoms with van der Waals surface area (Å²) in [7, 11) is 0. The molecule has 1 aliphatic heterocycles. The molecule has 2 N–H and O–H groups in total. The quantitative estimate of drug-likeness (QED) is 0.879. The molecule has 1 aromatic rings. The van der Waals surface area contributed by atoms with Gasteiger partial charge >= 0.3 is 0 Å². The lowest BCUT2D eigenvalue weighted by Crippen LogP contribution is -2.49. The molecule has 1 amide bonds. The molecule has 0 aliphatic carbocycles. The van der Waals surface area contributed by atoms with Crippen LogP contribution >= 0.6 is 15.9 Å². The van der Waals surface area contributed by atoms with Crippen LogP contribution < -0.4 is 15.4 Å². The highest BCUT2D eigenvalue weighted by Crippen LogP contribution is 2.21. The van der Waals surface area contributed by atoms with Crippen LogP contribution in [-0.2, 0) is 4.79 Å². The molecule has 20 heavy (non-hydrogen) atoms. The number of rotatable bonds is 4. The van der Waals surface area contributed by atoms with Gasteiger partial charge in [0.15, 0.2) is 18.2 Å². The van der Waals surface area contributed by atoms with Crippen LogP contribution in [0.2, 0.25) is 0 Å². The lowest BCUT2D eigenvalue weighted by Gasteiger charge is -2.30. The van der Waals surface area contributed by atoms with Crippen LogP contribution in [0.15, 0.2) is 22.7 Å². The van der Waals surface area contributed by atoms with Gasteiger partial charge in [-0.3, -0.25) is 4.79 Å². The van der Waals surface area contributed by atoms with Gasteiger partial charge in [-0.25, -0.2) is 4.39 Å². The fourth-order valence-electron chi connectivity index (χ4n) is 2.21. The Bertz CT molecular complexity index is 484. The summed E-state index contributed by atoms with van der Waals surface area (Å²) >= 11 is 3.17. The predicted molar refractivity (Wildman–Crippen MR) is 78.2 cm³/mol. The number of piperidine rings is 1. The van der Waals surface area contributed by atoms with E-state index in [1.54, 1.807) is 6.07 Å². The molecule has 0 saturated carbocycles. The minimum atomic E-state index is -0.484. The Labute approximate surface area is 126 Å². The summed E-state index contributed by atoms with van der Waals surface area (Å²) in [5.74, 6) is -0.229. The number of hydrogen-bond acceptors (Lipinski definition) is 3. The molecule has 1 fully saturated rings. The number of carbonyl (C=O) groups is 1. The van der Waals surface area contributed by atoms with Crippen molar-refractivity contribution in [2.24, 2.45) is 5.92 Å². The summed E-state index contributed by atoms with van der Waals surface area (Å²) in [5, 5.41) is 6.21. The maximum absolute atomic E-state index is 13.5. The lowest BCUT2D eigenvalue weighted by atomic mass is 9.95. The number of ether oxygens (including phenoxy) is 1. The maximum Gasteiger partial charge on any atom is 0.258 e. The minimum Gasteiger partial charge on any atom is -0.481 e. The number of halogens is 2. The van der Waals surface area contributed by atoms with Gasteiger partial charge in [0.2, 0.25) is 0 Å². The Morgan fingerprint density at radius 1 is 1.60 bits per heavy atom. The predicted octanol–water partition coefficient (Wildman–Crippen LogP) is 2.08. The summed E-state index contributed by atoms with van der Waals surface area (Å²) in [6.45, 7) is 3.71. The molecule has 2 unspecified atom stereocenters. The first-order valence-electron chi connectivity index (χ1n) is 6.64. The van der Waals surface area contributed by atoms with Crippen molar-refractivity contribution < 1.29 is 13.9 Å². The second-order valence-electron chi connectivity index (χ2n) is 5.01. The third-order valence-corrected chi connectivity index (χ3v) is 3.88. The van der Waals surface area contributed by atoms with E-state index in [-0.39, 0.29) is 24.3 Å². The van der Waals surface area contributed by atoms with Crippen molar-refractivity contribution in [3.8, 4) is 5.75 Å². The highest BCUT2D eigenvalue weighted by molar-refractivity contribution is 9.10. The summed E-state index contributed by atoms with van der Waals surface area (Å²) in [6.07, 6.45) is 0.902. The Morgan fingerprint density at radius 2 is 2.40 bits per heavy atom. The van der Waals surface area contributed by atoms with Gasteiger partial charge in [-0.2, -0.15) is 0 Å². The Kier molecular flexibility index (Phi) is 5.37. The number of nitrogens with one attached hydrogen (secondary N) is 2. The highest BCUT2D eigenvalue weighted by atomic mass is 79.9. The van der Waals surface area contributed by atoms with Crippen LogP contribution in [0.5, 0.6) is 5.75 Å². The van der Waals surface area contributed by atoms with Crippen LogP contribution in [0.3, 0.4) is 0 Å². The van der Waals surface area contributed by atoms with Crippen LogP contribution in [0.4, 0.5) is 4.39 Å². The lowest BCUT2D eigenvalue weighted by molar-refractivity contribution is -0.124. The number of benzene rings is 1. The zero-order chi connectivity index (χ0) is 14.5. The van der Waals surface area contributed by atoms with Crippen molar-refractivity contribution in [1.82, 2.24) is 10.6 Å². The van der Waals surface area contributed by atoms with Gasteiger partial charge in [0.25, 0.3) is 5.91 Å². The van der Waals surface area contributed by atoms with E-state index in [4.69, 9.17) is 4.74 Å². The summed E-state index contributed by atoms with van der Waals surface area (Å²) in [5.41, 5.74) is 0. The number of amides is 1. The average molecular weight is 345 g/mol. The first kappa shape index (κ1) is 15.3. The van der Waals surface area contributed by atoms with Crippen molar-refractivity contribution in [3.63, 3.8) is 0 Å². The van der Waals surface area contributed by atoms with E-state index in [1.807, 2.05) is 0 Å². The van der Waals surface area contributed by atoms with Gasteiger partial charge < -0.3 is 15.4 Å². The van der Waals surface area contributed by atoms with E-state index >= 15 is 0 Å². The fourth-order valence-corrected chi connectivity index (χ4v) is 2.55. The fraction of sp³-hybridized carbons (Fsp3) is 0.500. The van der Waals surface area contributed by atoms with E-state index in [1.165, 1.54) is 12.1 Å².